The average Bonchev–Trinajstić information content (AvgIpc) is 2.82. The summed E-state index contributed by atoms with van der Waals surface area (Å²) in [6.07, 6.45) is 3.00. The van der Waals surface area contributed by atoms with Crippen LogP contribution in [0.3, 0.4) is 0 Å². The minimum atomic E-state index is -0.702. The Balaban J connectivity index is 1.84. The van der Waals surface area contributed by atoms with Crippen LogP contribution in [0.25, 0.3) is 10.2 Å². The molecule has 0 saturated heterocycles. The van der Waals surface area contributed by atoms with Gasteiger partial charge in [-0.15, -0.1) is 11.3 Å². The molecule has 0 radical (unpaired) electrons. The van der Waals surface area contributed by atoms with E-state index in [1.54, 1.807) is 29.8 Å². The molecule has 0 amide bonds. The average molecular weight is 257 g/mol. The maximum Gasteiger partial charge on any atom is 0.157 e. The van der Waals surface area contributed by atoms with E-state index in [0.29, 0.717) is 12.2 Å². The molecule has 90 valence electrons. The molecule has 3 aromatic rings. The summed E-state index contributed by atoms with van der Waals surface area (Å²) < 4.78 is 1.13. The topological polar surface area (TPSA) is 58.9 Å². The molecule has 18 heavy (non-hydrogen) atoms. The number of rotatable bonds is 3. The fourth-order valence-corrected chi connectivity index (χ4v) is 2.75. The second-order valence-corrected chi connectivity index (χ2v) is 5.02. The number of aliphatic hydroxyl groups is 1. The molecule has 0 aliphatic carbocycles. The Hall–Kier alpha value is -1.85. The summed E-state index contributed by atoms with van der Waals surface area (Å²) in [6.45, 7) is 0. The van der Waals surface area contributed by atoms with Gasteiger partial charge in [0.05, 0.1) is 15.2 Å². The van der Waals surface area contributed by atoms with Crippen molar-refractivity contribution in [1.82, 2.24) is 15.0 Å². The maximum absolute atomic E-state index is 10.0. The molecule has 1 N–H and O–H groups in total. The molecule has 1 atom stereocenters. The lowest BCUT2D eigenvalue weighted by atomic mass is 10.2. The molecular formula is C13H11N3OS. The van der Waals surface area contributed by atoms with E-state index in [2.05, 4.69) is 15.0 Å². The number of aliphatic hydroxyl groups excluding tert-OH is 1. The van der Waals surface area contributed by atoms with Gasteiger partial charge in [-0.3, -0.25) is 0 Å². The Kier molecular flexibility index (Phi) is 3.00. The van der Waals surface area contributed by atoms with E-state index in [1.165, 1.54) is 0 Å². The third kappa shape index (κ3) is 2.23. The van der Waals surface area contributed by atoms with E-state index in [9.17, 15) is 5.11 Å². The highest BCUT2D eigenvalue weighted by Crippen LogP contribution is 2.24. The van der Waals surface area contributed by atoms with Crippen LogP contribution in [0.5, 0.6) is 0 Å². The summed E-state index contributed by atoms with van der Waals surface area (Å²) >= 11 is 1.59. The normalized spacial score (nSPS) is 12.7. The van der Waals surface area contributed by atoms with Gasteiger partial charge >= 0.3 is 0 Å². The van der Waals surface area contributed by atoms with Gasteiger partial charge in [0, 0.05) is 18.8 Å². The molecule has 0 saturated carbocycles. The van der Waals surface area contributed by atoms with Crippen LogP contribution < -0.4 is 0 Å². The molecule has 1 aromatic carbocycles. The smallest absolute Gasteiger partial charge is 0.157 e. The molecule has 4 nitrogen and oxygen atoms in total. The van der Waals surface area contributed by atoms with Crippen molar-refractivity contribution in [2.24, 2.45) is 0 Å². The summed E-state index contributed by atoms with van der Waals surface area (Å²) in [4.78, 5) is 12.6. The van der Waals surface area contributed by atoms with Gasteiger partial charge in [-0.2, -0.15) is 0 Å². The van der Waals surface area contributed by atoms with Crippen molar-refractivity contribution in [2.45, 2.75) is 12.5 Å². The van der Waals surface area contributed by atoms with Crippen molar-refractivity contribution in [3.8, 4) is 0 Å². The number of hydrogen-bond acceptors (Lipinski definition) is 5. The highest BCUT2D eigenvalue weighted by Gasteiger charge is 2.13. The van der Waals surface area contributed by atoms with Gasteiger partial charge in [0.2, 0.25) is 0 Å². The zero-order valence-electron chi connectivity index (χ0n) is 9.52. The third-order valence-electron chi connectivity index (χ3n) is 2.59. The van der Waals surface area contributed by atoms with E-state index in [4.69, 9.17) is 0 Å². The first-order valence-electron chi connectivity index (χ1n) is 5.62. The van der Waals surface area contributed by atoms with Gasteiger partial charge in [0.1, 0.15) is 6.10 Å². The Morgan fingerprint density at radius 1 is 1.11 bits per heavy atom. The molecule has 0 aliphatic heterocycles. The molecule has 5 heteroatoms. The summed E-state index contributed by atoms with van der Waals surface area (Å²) in [5.41, 5.74) is 0.971. The number of para-hydroxylation sites is 1. The lowest BCUT2D eigenvalue weighted by Gasteiger charge is -2.05. The van der Waals surface area contributed by atoms with Crippen molar-refractivity contribution < 1.29 is 5.11 Å². The number of aromatic nitrogens is 3. The first-order chi connectivity index (χ1) is 8.83. The van der Waals surface area contributed by atoms with Crippen LogP contribution >= 0.6 is 11.3 Å². The zero-order valence-corrected chi connectivity index (χ0v) is 10.3. The van der Waals surface area contributed by atoms with E-state index < -0.39 is 6.10 Å². The number of fused-ring (bicyclic) bond motifs is 1. The van der Waals surface area contributed by atoms with Crippen LogP contribution in [0, 0.1) is 0 Å². The summed E-state index contributed by atoms with van der Waals surface area (Å²) in [7, 11) is 0. The molecule has 2 heterocycles. The molecule has 2 aromatic heterocycles. The molecule has 0 aliphatic rings. The molecule has 0 spiro atoms. The SMILES string of the molecule is OC(Cc1nc2ccccc2s1)c1ncccn1. The summed E-state index contributed by atoms with van der Waals surface area (Å²) in [6, 6.07) is 9.68. The number of thiazole rings is 1. The Morgan fingerprint density at radius 3 is 2.67 bits per heavy atom. The minimum Gasteiger partial charge on any atom is -0.385 e. The molecule has 0 bridgehead atoms. The maximum atomic E-state index is 10.0. The summed E-state index contributed by atoms with van der Waals surface area (Å²) in [5.74, 6) is 0.441. The van der Waals surface area contributed by atoms with E-state index in [1.807, 2.05) is 24.3 Å². The molecule has 0 fully saturated rings. The highest BCUT2D eigenvalue weighted by atomic mass is 32.1. The second-order valence-electron chi connectivity index (χ2n) is 3.90. The van der Waals surface area contributed by atoms with Gasteiger partial charge < -0.3 is 5.11 Å². The van der Waals surface area contributed by atoms with Crippen molar-refractivity contribution in [3.05, 3.63) is 53.6 Å². The monoisotopic (exact) mass is 257 g/mol. The molecule has 3 rings (SSSR count). The minimum absolute atomic E-state index is 0.441. The molecular weight excluding hydrogens is 246 g/mol. The van der Waals surface area contributed by atoms with E-state index in [-0.39, 0.29) is 0 Å². The van der Waals surface area contributed by atoms with Crippen molar-refractivity contribution in [1.29, 1.82) is 0 Å². The van der Waals surface area contributed by atoms with Crippen LogP contribution in [-0.4, -0.2) is 20.1 Å². The lowest BCUT2D eigenvalue weighted by Crippen LogP contribution is -2.05. The van der Waals surface area contributed by atoms with Gasteiger partial charge in [0.15, 0.2) is 5.82 Å². The van der Waals surface area contributed by atoms with E-state index >= 15 is 0 Å². The predicted octanol–water partition coefficient (Wildman–Crippen LogP) is 2.36. The van der Waals surface area contributed by atoms with Crippen molar-refractivity contribution >= 4 is 21.6 Å². The zero-order chi connectivity index (χ0) is 12.4. The van der Waals surface area contributed by atoms with Crippen molar-refractivity contribution in [2.75, 3.05) is 0 Å². The van der Waals surface area contributed by atoms with Crippen LogP contribution in [0.2, 0.25) is 0 Å². The van der Waals surface area contributed by atoms with E-state index in [0.717, 1.165) is 15.2 Å². The predicted molar refractivity (Wildman–Crippen MR) is 70.3 cm³/mol. The van der Waals surface area contributed by atoms with Crippen LogP contribution in [0.15, 0.2) is 42.7 Å². The van der Waals surface area contributed by atoms with Crippen molar-refractivity contribution in [3.63, 3.8) is 0 Å². The Morgan fingerprint density at radius 2 is 1.89 bits per heavy atom. The number of hydrogen-bond donors (Lipinski definition) is 1. The number of nitrogens with zero attached hydrogens (tertiary/aromatic N) is 3. The first kappa shape index (κ1) is 11.3. The van der Waals surface area contributed by atoms with Crippen LogP contribution in [-0.2, 0) is 6.42 Å². The first-order valence-corrected chi connectivity index (χ1v) is 6.44. The highest BCUT2D eigenvalue weighted by molar-refractivity contribution is 7.18. The largest absolute Gasteiger partial charge is 0.385 e. The summed E-state index contributed by atoms with van der Waals surface area (Å²) in [5, 5.41) is 10.9. The van der Waals surface area contributed by atoms with Gasteiger partial charge in [0.25, 0.3) is 0 Å². The van der Waals surface area contributed by atoms with Gasteiger partial charge in [-0.05, 0) is 18.2 Å². The van der Waals surface area contributed by atoms with Gasteiger partial charge in [-0.25, -0.2) is 15.0 Å². The lowest BCUT2D eigenvalue weighted by molar-refractivity contribution is 0.168. The Labute approximate surface area is 108 Å². The third-order valence-corrected chi connectivity index (χ3v) is 3.65. The van der Waals surface area contributed by atoms with Crippen LogP contribution in [0.4, 0.5) is 0 Å². The fraction of sp³-hybridized carbons (Fsp3) is 0.154. The Bertz CT molecular complexity index is 620. The molecule has 1 unspecified atom stereocenters. The van der Waals surface area contributed by atoms with Crippen LogP contribution in [0.1, 0.15) is 16.9 Å². The second kappa shape index (κ2) is 4.80. The quantitative estimate of drug-likeness (QED) is 0.782. The van der Waals surface area contributed by atoms with Gasteiger partial charge in [-0.1, -0.05) is 12.1 Å². The standard InChI is InChI=1S/C13H11N3OS/c17-10(13-14-6-3-7-15-13)8-12-16-9-4-1-2-5-11(9)18-12/h1-7,10,17H,8H2. The number of benzene rings is 1. The fourth-order valence-electron chi connectivity index (χ4n) is 1.75.